The molecule has 2 rings (SSSR count). The van der Waals surface area contributed by atoms with Crippen LogP contribution in [0.25, 0.3) is 10.6 Å². The van der Waals surface area contributed by atoms with Gasteiger partial charge in [-0.3, -0.25) is 0 Å². The van der Waals surface area contributed by atoms with Crippen LogP contribution in [0.4, 0.5) is 5.13 Å². The lowest BCUT2D eigenvalue weighted by Crippen LogP contribution is -1.98. The zero-order chi connectivity index (χ0) is 13.0. The molecule has 3 nitrogen and oxygen atoms in total. The first-order valence-electron chi connectivity index (χ1n) is 6.40. The van der Waals surface area contributed by atoms with Crippen molar-refractivity contribution >= 4 is 27.8 Å². The SMILES string of the molecule is CCCNc1nc(-c2sc(CCC)nc2C)cs1. The number of hydrogen-bond donors (Lipinski definition) is 1. The number of nitrogens with one attached hydrogen (secondary N) is 1. The minimum atomic E-state index is 0.982. The highest BCUT2D eigenvalue weighted by Crippen LogP contribution is 2.32. The van der Waals surface area contributed by atoms with Crippen LogP contribution in [0, 0.1) is 6.92 Å². The van der Waals surface area contributed by atoms with Crippen LogP contribution >= 0.6 is 22.7 Å². The topological polar surface area (TPSA) is 37.8 Å². The van der Waals surface area contributed by atoms with Crippen LogP contribution in [0.5, 0.6) is 0 Å². The Hall–Kier alpha value is -0.940. The van der Waals surface area contributed by atoms with Gasteiger partial charge >= 0.3 is 0 Å². The molecular weight excluding hydrogens is 262 g/mol. The summed E-state index contributed by atoms with van der Waals surface area (Å²) in [5.41, 5.74) is 2.17. The van der Waals surface area contributed by atoms with Crippen LogP contribution in [-0.2, 0) is 6.42 Å². The normalized spacial score (nSPS) is 10.8. The Morgan fingerprint density at radius 1 is 1.22 bits per heavy atom. The quantitative estimate of drug-likeness (QED) is 0.855. The van der Waals surface area contributed by atoms with Gasteiger partial charge in [-0.1, -0.05) is 13.8 Å². The molecule has 2 aromatic rings. The van der Waals surface area contributed by atoms with Crippen molar-refractivity contribution in [3.63, 3.8) is 0 Å². The van der Waals surface area contributed by atoms with E-state index in [-0.39, 0.29) is 0 Å². The van der Waals surface area contributed by atoms with Crippen molar-refractivity contribution in [1.82, 2.24) is 9.97 Å². The van der Waals surface area contributed by atoms with Gasteiger partial charge in [0.15, 0.2) is 5.13 Å². The maximum atomic E-state index is 4.63. The second kappa shape index (κ2) is 6.29. The Morgan fingerprint density at radius 3 is 2.78 bits per heavy atom. The summed E-state index contributed by atoms with van der Waals surface area (Å²) in [7, 11) is 0. The van der Waals surface area contributed by atoms with Crippen LogP contribution in [0.2, 0.25) is 0 Å². The van der Waals surface area contributed by atoms with Crippen LogP contribution in [-0.4, -0.2) is 16.5 Å². The van der Waals surface area contributed by atoms with Gasteiger partial charge in [0.1, 0.15) is 0 Å². The highest BCUT2D eigenvalue weighted by atomic mass is 32.1. The van der Waals surface area contributed by atoms with Gasteiger partial charge in [0.05, 0.1) is 21.3 Å². The summed E-state index contributed by atoms with van der Waals surface area (Å²) in [5, 5.41) is 7.68. The number of hydrogen-bond acceptors (Lipinski definition) is 5. The molecular formula is C13H19N3S2. The molecule has 0 aliphatic heterocycles. The van der Waals surface area contributed by atoms with Gasteiger partial charge < -0.3 is 5.32 Å². The Kier molecular flexibility index (Phi) is 4.72. The van der Waals surface area contributed by atoms with Crippen molar-refractivity contribution in [2.75, 3.05) is 11.9 Å². The standard InChI is InChI=1S/C13H19N3S2/c1-4-6-11-15-9(3)12(18-11)10-8-17-13(16-10)14-7-5-2/h8H,4-7H2,1-3H3,(H,14,16). The monoisotopic (exact) mass is 281 g/mol. The van der Waals surface area contributed by atoms with Crippen molar-refractivity contribution in [1.29, 1.82) is 0 Å². The molecule has 1 N–H and O–H groups in total. The number of nitrogens with zero attached hydrogens (tertiary/aromatic N) is 2. The minimum absolute atomic E-state index is 0.982. The van der Waals surface area contributed by atoms with Crippen LogP contribution in [0.3, 0.4) is 0 Å². The summed E-state index contributed by atoms with van der Waals surface area (Å²) in [6.45, 7) is 7.40. The molecule has 2 aromatic heterocycles. The van der Waals surface area contributed by atoms with Gasteiger partial charge in [0.2, 0.25) is 0 Å². The second-order valence-electron chi connectivity index (χ2n) is 4.24. The van der Waals surface area contributed by atoms with E-state index in [1.807, 2.05) is 0 Å². The molecule has 0 aromatic carbocycles. The zero-order valence-electron chi connectivity index (χ0n) is 11.1. The summed E-state index contributed by atoms with van der Waals surface area (Å²) in [6, 6.07) is 0. The van der Waals surface area contributed by atoms with E-state index in [4.69, 9.17) is 0 Å². The lowest BCUT2D eigenvalue weighted by molar-refractivity contribution is 0.903. The van der Waals surface area contributed by atoms with Crippen molar-refractivity contribution in [3.8, 4) is 10.6 Å². The Balaban J connectivity index is 2.17. The molecule has 0 spiro atoms. The van der Waals surface area contributed by atoms with Crippen LogP contribution in [0.15, 0.2) is 5.38 Å². The molecule has 5 heteroatoms. The third kappa shape index (κ3) is 3.09. The van der Waals surface area contributed by atoms with Crippen molar-refractivity contribution in [2.45, 2.75) is 40.0 Å². The van der Waals surface area contributed by atoms with Crippen LogP contribution < -0.4 is 5.32 Å². The first kappa shape index (κ1) is 13.5. The van der Waals surface area contributed by atoms with Crippen molar-refractivity contribution in [3.05, 3.63) is 16.1 Å². The first-order chi connectivity index (χ1) is 8.74. The van der Waals surface area contributed by atoms with Gasteiger partial charge in [0.25, 0.3) is 0 Å². The molecule has 0 bridgehead atoms. The van der Waals surface area contributed by atoms with E-state index in [9.17, 15) is 0 Å². The van der Waals surface area contributed by atoms with E-state index >= 15 is 0 Å². The van der Waals surface area contributed by atoms with E-state index < -0.39 is 0 Å². The summed E-state index contributed by atoms with van der Waals surface area (Å²) in [4.78, 5) is 10.5. The summed E-state index contributed by atoms with van der Waals surface area (Å²) < 4.78 is 0. The molecule has 0 radical (unpaired) electrons. The maximum Gasteiger partial charge on any atom is 0.183 e. The lowest BCUT2D eigenvalue weighted by Gasteiger charge is -1.97. The van der Waals surface area contributed by atoms with Gasteiger partial charge in [-0.15, -0.1) is 22.7 Å². The fourth-order valence-corrected chi connectivity index (χ4v) is 3.63. The Labute approximate surface area is 116 Å². The van der Waals surface area contributed by atoms with E-state index in [0.717, 1.165) is 42.3 Å². The fraction of sp³-hybridized carbons (Fsp3) is 0.538. The fourth-order valence-electron chi connectivity index (χ4n) is 1.70. The van der Waals surface area contributed by atoms with E-state index in [0.29, 0.717) is 0 Å². The van der Waals surface area contributed by atoms with E-state index in [1.54, 1.807) is 22.7 Å². The molecule has 0 aliphatic carbocycles. The summed E-state index contributed by atoms with van der Waals surface area (Å²) >= 11 is 3.45. The van der Waals surface area contributed by atoms with Crippen molar-refractivity contribution < 1.29 is 0 Å². The van der Waals surface area contributed by atoms with Gasteiger partial charge in [-0.2, -0.15) is 0 Å². The molecule has 2 heterocycles. The average Bonchev–Trinajstić information content (AvgIpc) is 2.94. The number of aromatic nitrogens is 2. The second-order valence-corrected chi connectivity index (χ2v) is 6.18. The summed E-state index contributed by atoms with van der Waals surface area (Å²) in [6.07, 6.45) is 3.33. The van der Waals surface area contributed by atoms with E-state index in [2.05, 4.69) is 41.4 Å². The first-order valence-corrected chi connectivity index (χ1v) is 8.10. The van der Waals surface area contributed by atoms with Crippen LogP contribution in [0.1, 0.15) is 37.4 Å². The number of aryl methyl sites for hydroxylation is 2. The molecule has 0 aliphatic rings. The maximum absolute atomic E-state index is 4.63. The minimum Gasteiger partial charge on any atom is -0.362 e. The predicted octanol–water partition coefficient (Wildman–Crippen LogP) is 4.35. The third-order valence-electron chi connectivity index (χ3n) is 2.57. The molecule has 0 unspecified atom stereocenters. The molecule has 0 amide bonds. The predicted molar refractivity (Wildman–Crippen MR) is 80.7 cm³/mol. The number of thiazole rings is 2. The smallest absolute Gasteiger partial charge is 0.183 e. The van der Waals surface area contributed by atoms with E-state index in [1.165, 1.54) is 9.88 Å². The number of rotatable bonds is 6. The lowest BCUT2D eigenvalue weighted by atomic mass is 10.3. The van der Waals surface area contributed by atoms with Crippen molar-refractivity contribution in [2.24, 2.45) is 0 Å². The van der Waals surface area contributed by atoms with Gasteiger partial charge in [-0.05, 0) is 26.2 Å². The Morgan fingerprint density at radius 2 is 2.06 bits per heavy atom. The molecule has 18 heavy (non-hydrogen) atoms. The summed E-state index contributed by atoms with van der Waals surface area (Å²) in [5.74, 6) is 0. The highest BCUT2D eigenvalue weighted by molar-refractivity contribution is 7.16. The average molecular weight is 281 g/mol. The molecule has 0 saturated carbocycles. The van der Waals surface area contributed by atoms with Gasteiger partial charge in [0, 0.05) is 11.9 Å². The number of anilines is 1. The molecule has 0 atom stereocenters. The van der Waals surface area contributed by atoms with Gasteiger partial charge in [-0.25, -0.2) is 9.97 Å². The molecule has 0 fully saturated rings. The molecule has 98 valence electrons. The Bertz CT molecular complexity index is 502. The largest absolute Gasteiger partial charge is 0.362 e. The zero-order valence-corrected chi connectivity index (χ0v) is 12.7. The third-order valence-corrected chi connectivity index (χ3v) is 4.61. The highest BCUT2D eigenvalue weighted by Gasteiger charge is 2.12. The molecule has 0 saturated heterocycles.